The van der Waals surface area contributed by atoms with Crippen molar-refractivity contribution in [2.24, 2.45) is 5.92 Å². The molecule has 1 N–H and O–H groups in total. The van der Waals surface area contributed by atoms with E-state index in [0.717, 1.165) is 28.1 Å². The van der Waals surface area contributed by atoms with Crippen molar-refractivity contribution in [3.8, 4) is 0 Å². The fourth-order valence-electron chi connectivity index (χ4n) is 4.80. The topological polar surface area (TPSA) is 67.9 Å². The fraction of sp³-hybridized carbons (Fsp3) is 0.500. The van der Waals surface area contributed by atoms with Crippen LogP contribution in [0.4, 0.5) is 5.69 Å². The third-order valence-electron chi connectivity index (χ3n) is 5.99. The predicted molar refractivity (Wildman–Crippen MR) is 117 cm³/mol. The zero-order valence-corrected chi connectivity index (χ0v) is 18.6. The SMILES string of the molecule is C=CCN1C(C)=C(C(=O)OCC)C[C@@H]2[C@@H](C(=O)OCC)Nc3c(C)cc(C)cc3[C@@H]21. The molecule has 2 aliphatic heterocycles. The van der Waals surface area contributed by atoms with Crippen LogP contribution in [0.15, 0.2) is 36.1 Å². The van der Waals surface area contributed by atoms with Crippen LogP contribution >= 0.6 is 0 Å². The number of fused-ring (bicyclic) bond motifs is 3. The van der Waals surface area contributed by atoms with Crippen molar-refractivity contribution in [2.45, 2.75) is 53.1 Å². The molecule has 1 aromatic carbocycles. The van der Waals surface area contributed by atoms with Crippen molar-refractivity contribution in [3.63, 3.8) is 0 Å². The number of hydrogen-bond acceptors (Lipinski definition) is 6. The number of allylic oxidation sites excluding steroid dienone is 1. The Morgan fingerprint density at radius 2 is 1.90 bits per heavy atom. The summed E-state index contributed by atoms with van der Waals surface area (Å²) in [6, 6.07) is 3.67. The lowest BCUT2D eigenvalue weighted by atomic mass is 9.74. The number of carbonyl (C=O) groups is 2. The molecular weight excluding hydrogens is 380 g/mol. The smallest absolute Gasteiger partial charge is 0.335 e. The van der Waals surface area contributed by atoms with Crippen molar-refractivity contribution >= 4 is 17.6 Å². The molecule has 0 saturated heterocycles. The molecule has 0 bridgehead atoms. The quantitative estimate of drug-likeness (QED) is 0.562. The molecule has 0 aromatic heterocycles. The van der Waals surface area contributed by atoms with Gasteiger partial charge in [-0.05, 0) is 52.2 Å². The van der Waals surface area contributed by atoms with Crippen LogP contribution in [0.3, 0.4) is 0 Å². The molecule has 0 amide bonds. The number of anilines is 1. The molecule has 0 radical (unpaired) electrons. The first-order valence-corrected chi connectivity index (χ1v) is 10.6. The fourth-order valence-corrected chi connectivity index (χ4v) is 4.80. The van der Waals surface area contributed by atoms with Gasteiger partial charge >= 0.3 is 11.9 Å². The summed E-state index contributed by atoms with van der Waals surface area (Å²) in [4.78, 5) is 27.8. The van der Waals surface area contributed by atoms with Gasteiger partial charge in [-0.1, -0.05) is 23.8 Å². The minimum Gasteiger partial charge on any atom is -0.464 e. The molecule has 0 saturated carbocycles. The van der Waals surface area contributed by atoms with Gasteiger partial charge < -0.3 is 19.7 Å². The van der Waals surface area contributed by atoms with Gasteiger partial charge in [0.05, 0.1) is 24.8 Å². The van der Waals surface area contributed by atoms with Crippen LogP contribution in [0, 0.1) is 19.8 Å². The first kappa shape index (κ1) is 21.9. The maximum Gasteiger partial charge on any atom is 0.335 e. The Bertz CT molecular complexity index is 889. The van der Waals surface area contributed by atoms with Crippen molar-refractivity contribution < 1.29 is 19.1 Å². The zero-order chi connectivity index (χ0) is 22.0. The Hall–Kier alpha value is -2.76. The van der Waals surface area contributed by atoms with Gasteiger partial charge in [0.1, 0.15) is 6.04 Å². The third kappa shape index (κ3) is 3.83. The van der Waals surface area contributed by atoms with E-state index in [1.807, 2.05) is 13.0 Å². The van der Waals surface area contributed by atoms with Gasteiger partial charge in [0, 0.05) is 23.8 Å². The van der Waals surface area contributed by atoms with Crippen molar-refractivity contribution in [2.75, 3.05) is 25.1 Å². The van der Waals surface area contributed by atoms with E-state index in [1.54, 1.807) is 13.8 Å². The van der Waals surface area contributed by atoms with E-state index >= 15 is 0 Å². The monoisotopic (exact) mass is 412 g/mol. The lowest BCUT2D eigenvalue weighted by molar-refractivity contribution is -0.147. The molecule has 6 heteroatoms. The molecule has 2 heterocycles. The number of rotatable bonds is 6. The Morgan fingerprint density at radius 3 is 2.53 bits per heavy atom. The van der Waals surface area contributed by atoms with Gasteiger partial charge in [0.25, 0.3) is 0 Å². The summed E-state index contributed by atoms with van der Waals surface area (Å²) >= 11 is 0. The van der Waals surface area contributed by atoms with Gasteiger partial charge in [-0.2, -0.15) is 0 Å². The Morgan fingerprint density at radius 1 is 1.20 bits per heavy atom. The highest BCUT2D eigenvalue weighted by Crippen LogP contribution is 2.49. The van der Waals surface area contributed by atoms with Gasteiger partial charge in [-0.25, -0.2) is 9.59 Å². The molecule has 162 valence electrons. The predicted octanol–water partition coefficient (Wildman–Crippen LogP) is 4.05. The number of nitrogens with zero attached hydrogens (tertiary/aromatic N) is 1. The average Bonchev–Trinajstić information content (AvgIpc) is 2.69. The summed E-state index contributed by atoms with van der Waals surface area (Å²) in [6.45, 7) is 14.8. The molecule has 0 fully saturated rings. The van der Waals surface area contributed by atoms with E-state index in [2.05, 4.69) is 42.8 Å². The van der Waals surface area contributed by atoms with Crippen LogP contribution in [0.5, 0.6) is 0 Å². The summed E-state index contributed by atoms with van der Waals surface area (Å²) in [6.07, 6.45) is 2.28. The minimum absolute atomic E-state index is 0.0644. The van der Waals surface area contributed by atoms with E-state index < -0.39 is 6.04 Å². The van der Waals surface area contributed by atoms with Crippen LogP contribution < -0.4 is 5.32 Å². The standard InChI is InChI=1S/C24H32N2O4/c1-7-10-26-16(6)17(23(27)29-8-2)13-19-21(24(28)30-9-3)25-20-15(5)11-14(4)12-18(20)22(19)26/h7,11-12,19,21-22,25H,1,8-10,13H2,2-6H3/t19-,21+,22+/m1/s1. The largest absolute Gasteiger partial charge is 0.464 e. The maximum atomic E-state index is 12.9. The first-order valence-electron chi connectivity index (χ1n) is 10.6. The Labute approximate surface area is 178 Å². The summed E-state index contributed by atoms with van der Waals surface area (Å²) in [7, 11) is 0. The van der Waals surface area contributed by atoms with Crippen LogP contribution in [0.2, 0.25) is 0 Å². The highest BCUT2D eigenvalue weighted by molar-refractivity contribution is 5.90. The molecule has 30 heavy (non-hydrogen) atoms. The van der Waals surface area contributed by atoms with E-state index in [0.29, 0.717) is 31.8 Å². The normalized spacial score (nSPS) is 22.6. The van der Waals surface area contributed by atoms with Gasteiger partial charge in [0.2, 0.25) is 0 Å². The highest BCUT2D eigenvalue weighted by atomic mass is 16.5. The summed E-state index contributed by atoms with van der Waals surface area (Å²) in [5.74, 6) is -0.781. The lowest BCUT2D eigenvalue weighted by Crippen LogP contribution is -2.52. The number of aryl methyl sites for hydroxylation is 2. The Balaban J connectivity index is 2.19. The minimum atomic E-state index is -0.548. The number of carbonyl (C=O) groups excluding carboxylic acids is 2. The number of benzene rings is 1. The molecule has 0 aliphatic carbocycles. The first-order chi connectivity index (χ1) is 14.3. The number of ether oxygens (including phenoxy) is 2. The molecule has 6 nitrogen and oxygen atoms in total. The zero-order valence-electron chi connectivity index (χ0n) is 18.6. The van der Waals surface area contributed by atoms with Crippen molar-refractivity contribution in [1.82, 2.24) is 4.90 Å². The number of hydrogen-bond donors (Lipinski definition) is 1. The van der Waals surface area contributed by atoms with Gasteiger partial charge in [-0.15, -0.1) is 6.58 Å². The van der Waals surface area contributed by atoms with Crippen molar-refractivity contribution in [1.29, 1.82) is 0 Å². The molecule has 0 unspecified atom stereocenters. The maximum absolute atomic E-state index is 12.9. The van der Waals surface area contributed by atoms with Gasteiger partial charge in [-0.3, -0.25) is 0 Å². The van der Waals surface area contributed by atoms with Crippen molar-refractivity contribution in [3.05, 3.63) is 52.7 Å². The second kappa shape index (κ2) is 8.94. The second-order valence-corrected chi connectivity index (χ2v) is 7.96. The summed E-state index contributed by atoms with van der Waals surface area (Å²) in [5.41, 5.74) is 5.86. The number of nitrogens with one attached hydrogen (secondary N) is 1. The molecule has 0 spiro atoms. The third-order valence-corrected chi connectivity index (χ3v) is 5.99. The average molecular weight is 413 g/mol. The van der Waals surface area contributed by atoms with E-state index in [1.165, 1.54) is 0 Å². The van der Waals surface area contributed by atoms with Gasteiger partial charge in [0.15, 0.2) is 0 Å². The molecule has 3 atom stereocenters. The lowest BCUT2D eigenvalue weighted by Gasteiger charge is -2.49. The molecule has 1 aromatic rings. The Kier molecular flexibility index (Phi) is 6.54. The van der Waals surface area contributed by atoms with Crippen LogP contribution in [0.25, 0.3) is 0 Å². The number of esters is 2. The summed E-state index contributed by atoms with van der Waals surface area (Å²) < 4.78 is 10.7. The molecule has 2 aliphatic rings. The second-order valence-electron chi connectivity index (χ2n) is 7.96. The highest BCUT2D eigenvalue weighted by Gasteiger charge is 2.48. The summed E-state index contributed by atoms with van der Waals surface area (Å²) in [5, 5.41) is 3.44. The van der Waals surface area contributed by atoms with E-state index in [-0.39, 0.29) is 23.9 Å². The molecule has 3 rings (SSSR count). The van der Waals surface area contributed by atoms with Crippen LogP contribution in [0.1, 0.15) is 49.9 Å². The van der Waals surface area contributed by atoms with Crippen LogP contribution in [-0.4, -0.2) is 42.6 Å². The van der Waals surface area contributed by atoms with E-state index in [4.69, 9.17) is 9.47 Å². The van der Waals surface area contributed by atoms with E-state index in [9.17, 15) is 9.59 Å². The van der Waals surface area contributed by atoms with Crippen LogP contribution in [-0.2, 0) is 19.1 Å². The molecular formula is C24H32N2O4.